The van der Waals surface area contributed by atoms with E-state index in [-0.39, 0.29) is 18.9 Å². The zero-order valence-electron chi connectivity index (χ0n) is 12.2. The molecule has 0 aromatic carbocycles. The van der Waals surface area contributed by atoms with Gasteiger partial charge >= 0.3 is 12.1 Å². The van der Waals surface area contributed by atoms with Gasteiger partial charge < -0.3 is 19.5 Å². The third-order valence-electron chi connectivity index (χ3n) is 2.89. The van der Waals surface area contributed by atoms with E-state index in [0.29, 0.717) is 6.54 Å². The number of carbonyl (C=O) groups excluding carboxylic acids is 2. The van der Waals surface area contributed by atoms with Gasteiger partial charge in [-0.05, 0) is 33.1 Å². The number of hydrogen-bond acceptors (Lipinski definition) is 5. The molecular formula is C13H23NO5. The second kappa shape index (κ2) is 5.36. The number of amides is 1. The molecule has 2 unspecified atom stereocenters. The summed E-state index contributed by atoms with van der Waals surface area (Å²) in [6, 6.07) is 0. The SMILES string of the molecule is COC(=O)C1(O)CC(C)CN(C(=O)OC(C)(C)C)C1. The summed E-state index contributed by atoms with van der Waals surface area (Å²) in [5.74, 6) is -0.724. The molecule has 1 aliphatic rings. The monoisotopic (exact) mass is 273 g/mol. The molecule has 0 aromatic heterocycles. The topological polar surface area (TPSA) is 76.1 Å². The summed E-state index contributed by atoms with van der Waals surface area (Å²) in [6.45, 7) is 7.53. The zero-order chi connectivity index (χ0) is 14.8. The number of carbonyl (C=O) groups is 2. The molecule has 19 heavy (non-hydrogen) atoms. The average molecular weight is 273 g/mol. The van der Waals surface area contributed by atoms with Crippen LogP contribution in [0.2, 0.25) is 0 Å². The number of nitrogens with zero attached hydrogens (tertiary/aromatic N) is 1. The Kier molecular flexibility index (Phi) is 4.45. The van der Waals surface area contributed by atoms with Crippen LogP contribution in [0.15, 0.2) is 0 Å². The molecule has 1 N–H and O–H groups in total. The molecule has 2 atom stereocenters. The first-order valence-corrected chi connectivity index (χ1v) is 6.36. The van der Waals surface area contributed by atoms with Crippen molar-refractivity contribution in [3.8, 4) is 0 Å². The molecular weight excluding hydrogens is 250 g/mol. The van der Waals surface area contributed by atoms with E-state index in [1.54, 1.807) is 20.8 Å². The fourth-order valence-electron chi connectivity index (χ4n) is 2.27. The summed E-state index contributed by atoms with van der Waals surface area (Å²) in [7, 11) is 1.22. The van der Waals surface area contributed by atoms with Crippen molar-refractivity contribution in [2.45, 2.75) is 45.3 Å². The minimum absolute atomic E-state index is 0.00892. The van der Waals surface area contributed by atoms with Crippen LogP contribution in [0, 0.1) is 5.92 Å². The van der Waals surface area contributed by atoms with Gasteiger partial charge in [-0.3, -0.25) is 0 Å². The number of β-amino-alcohol motifs (C(OH)–C–C–N with tert-alkyl or cyclic N) is 1. The number of rotatable bonds is 1. The van der Waals surface area contributed by atoms with E-state index in [2.05, 4.69) is 4.74 Å². The van der Waals surface area contributed by atoms with E-state index in [1.807, 2.05) is 6.92 Å². The third kappa shape index (κ3) is 4.09. The first-order chi connectivity index (χ1) is 8.57. The van der Waals surface area contributed by atoms with Crippen LogP contribution in [0.25, 0.3) is 0 Å². The third-order valence-corrected chi connectivity index (χ3v) is 2.89. The molecule has 1 amide bonds. The van der Waals surface area contributed by atoms with Crippen LogP contribution >= 0.6 is 0 Å². The summed E-state index contributed by atoms with van der Waals surface area (Å²) in [5.41, 5.74) is -2.26. The van der Waals surface area contributed by atoms with Gasteiger partial charge in [0.2, 0.25) is 0 Å². The maximum Gasteiger partial charge on any atom is 0.410 e. The first kappa shape index (κ1) is 15.8. The van der Waals surface area contributed by atoms with E-state index in [1.165, 1.54) is 12.0 Å². The Hall–Kier alpha value is -1.30. The van der Waals surface area contributed by atoms with Crippen LogP contribution in [0.5, 0.6) is 0 Å². The van der Waals surface area contributed by atoms with Crippen molar-refractivity contribution >= 4 is 12.1 Å². The molecule has 1 fully saturated rings. The summed E-state index contributed by atoms with van der Waals surface area (Å²) >= 11 is 0. The van der Waals surface area contributed by atoms with Crippen molar-refractivity contribution < 1.29 is 24.2 Å². The molecule has 0 aliphatic carbocycles. The Morgan fingerprint density at radius 2 is 1.95 bits per heavy atom. The van der Waals surface area contributed by atoms with Crippen LogP contribution in [-0.4, -0.2) is 53.5 Å². The van der Waals surface area contributed by atoms with Gasteiger partial charge in [-0.2, -0.15) is 0 Å². The number of esters is 1. The van der Waals surface area contributed by atoms with Crippen LogP contribution < -0.4 is 0 Å². The average Bonchev–Trinajstić information content (AvgIpc) is 2.24. The van der Waals surface area contributed by atoms with Crippen molar-refractivity contribution in [1.29, 1.82) is 0 Å². The maximum absolute atomic E-state index is 12.0. The van der Waals surface area contributed by atoms with Gasteiger partial charge in [-0.15, -0.1) is 0 Å². The van der Waals surface area contributed by atoms with E-state index in [0.717, 1.165) is 0 Å². The molecule has 0 aromatic rings. The number of ether oxygens (including phenoxy) is 2. The van der Waals surface area contributed by atoms with Gasteiger partial charge in [-0.1, -0.05) is 6.92 Å². The Balaban J connectivity index is 2.81. The molecule has 1 aliphatic heterocycles. The molecule has 0 spiro atoms. The summed E-state index contributed by atoms with van der Waals surface area (Å²) in [5, 5.41) is 10.3. The fourth-order valence-corrected chi connectivity index (χ4v) is 2.27. The smallest absolute Gasteiger partial charge is 0.410 e. The van der Waals surface area contributed by atoms with Crippen LogP contribution in [-0.2, 0) is 14.3 Å². The molecule has 110 valence electrons. The number of hydrogen-bond donors (Lipinski definition) is 1. The van der Waals surface area contributed by atoms with E-state index < -0.39 is 23.3 Å². The predicted octanol–water partition coefficient (Wildman–Crippen LogP) is 1.17. The van der Waals surface area contributed by atoms with Crippen LogP contribution in [0.4, 0.5) is 4.79 Å². The Morgan fingerprint density at radius 1 is 1.37 bits per heavy atom. The zero-order valence-corrected chi connectivity index (χ0v) is 12.2. The Morgan fingerprint density at radius 3 is 2.42 bits per heavy atom. The molecule has 1 saturated heterocycles. The molecule has 1 heterocycles. The molecule has 6 heteroatoms. The van der Waals surface area contributed by atoms with E-state index in [4.69, 9.17) is 4.74 Å². The minimum Gasteiger partial charge on any atom is -0.467 e. The number of aliphatic hydroxyl groups is 1. The van der Waals surface area contributed by atoms with Crippen molar-refractivity contribution in [1.82, 2.24) is 4.90 Å². The van der Waals surface area contributed by atoms with Crippen molar-refractivity contribution in [2.75, 3.05) is 20.2 Å². The van der Waals surface area contributed by atoms with Crippen molar-refractivity contribution in [2.24, 2.45) is 5.92 Å². The maximum atomic E-state index is 12.0. The second-order valence-electron chi connectivity index (χ2n) is 6.19. The molecule has 1 rings (SSSR count). The summed E-state index contributed by atoms with van der Waals surface area (Å²) < 4.78 is 9.86. The number of methoxy groups -OCH3 is 1. The predicted molar refractivity (Wildman–Crippen MR) is 68.6 cm³/mol. The molecule has 0 bridgehead atoms. The second-order valence-corrected chi connectivity index (χ2v) is 6.19. The highest BCUT2D eigenvalue weighted by Gasteiger charge is 2.46. The lowest BCUT2D eigenvalue weighted by Gasteiger charge is -2.40. The molecule has 6 nitrogen and oxygen atoms in total. The number of piperidine rings is 1. The fraction of sp³-hybridized carbons (Fsp3) is 0.846. The van der Waals surface area contributed by atoms with Gasteiger partial charge in [0.25, 0.3) is 0 Å². The first-order valence-electron chi connectivity index (χ1n) is 6.36. The largest absolute Gasteiger partial charge is 0.467 e. The molecule has 0 saturated carbocycles. The highest BCUT2D eigenvalue weighted by atomic mass is 16.6. The Bertz CT molecular complexity index is 363. The van der Waals surface area contributed by atoms with Gasteiger partial charge in [0, 0.05) is 6.54 Å². The lowest BCUT2D eigenvalue weighted by Crippen LogP contribution is -2.58. The van der Waals surface area contributed by atoms with Gasteiger partial charge in [0.1, 0.15) is 5.60 Å². The Labute approximate surface area is 113 Å². The molecule has 0 radical (unpaired) electrons. The number of likely N-dealkylation sites (tertiary alicyclic amines) is 1. The van der Waals surface area contributed by atoms with Gasteiger partial charge in [0.05, 0.1) is 13.7 Å². The highest BCUT2D eigenvalue weighted by Crippen LogP contribution is 2.27. The van der Waals surface area contributed by atoms with E-state index >= 15 is 0 Å². The standard InChI is InChI=1S/C13H23NO5/c1-9-6-13(17,10(15)18-5)8-14(7-9)11(16)19-12(2,3)4/h9,17H,6-8H2,1-5H3. The van der Waals surface area contributed by atoms with Crippen LogP contribution in [0.1, 0.15) is 34.1 Å². The van der Waals surface area contributed by atoms with E-state index in [9.17, 15) is 14.7 Å². The van der Waals surface area contributed by atoms with Gasteiger partial charge in [0.15, 0.2) is 5.60 Å². The highest BCUT2D eigenvalue weighted by molar-refractivity contribution is 5.81. The summed E-state index contributed by atoms with van der Waals surface area (Å²) in [6.07, 6.45) is -0.250. The quantitative estimate of drug-likeness (QED) is 0.726. The van der Waals surface area contributed by atoms with Crippen molar-refractivity contribution in [3.05, 3.63) is 0 Å². The van der Waals surface area contributed by atoms with Crippen molar-refractivity contribution in [3.63, 3.8) is 0 Å². The normalized spacial score (nSPS) is 27.9. The van der Waals surface area contributed by atoms with Gasteiger partial charge in [-0.25, -0.2) is 9.59 Å². The minimum atomic E-state index is -1.65. The lowest BCUT2D eigenvalue weighted by atomic mass is 9.86. The summed E-state index contributed by atoms with van der Waals surface area (Å²) in [4.78, 5) is 25.0. The lowest BCUT2D eigenvalue weighted by molar-refractivity contribution is -0.169. The van der Waals surface area contributed by atoms with Crippen LogP contribution in [0.3, 0.4) is 0 Å².